The lowest BCUT2D eigenvalue weighted by Gasteiger charge is -2.22. The molecule has 1 aliphatic rings. The highest BCUT2D eigenvalue weighted by atomic mass is 32.2. The molecule has 1 saturated heterocycles. The molecule has 18 heavy (non-hydrogen) atoms. The normalized spacial score (nSPS) is 24.0. The molecule has 0 spiro atoms. The first kappa shape index (κ1) is 11.6. The van der Waals surface area contributed by atoms with Crippen LogP contribution in [-0.2, 0) is 10.8 Å². The zero-order valence-corrected chi connectivity index (χ0v) is 10.8. The van der Waals surface area contributed by atoms with E-state index in [2.05, 4.69) is 15.3 Å². The number of para-hydroxylation sites is 2. The molecule has 3 rings (SSSR count). The fraction of sp³-hybridized carbons (Fsp3) is 0.385. The number of rotatable bonds is 2. The van der Waals surface area contributed by atoms with Gasteiger partial charge in [0.2, 0.25) is 0 Å². The van der Waals surface area contributed by atoms with Crippen molar-refractivity contribution in [3.8, 4) is 0 Å². The number of aromatic nitrogens is 2. The minimum absolute atomic E-state index is 0.373. The van der Waals surface area contributed by atoms with Crippen molar-refractivity contribution in [1.29, 1.82) is 0 Å². The largest absolute Gasteiger partial charge is 0.366 e. The minimum atomic E-state index is -0.617. The Morgan fingerprint density at radius 1 is 1.17 bits per heavy atom. The molecule has 1 fully saturated rings. The summed E-state index contributed by atoms with van der Waals surface area (Å²) >= 11 is 0. The lowest BCUT2D eigenvalue weighted by atomic mass is 10.1. The Morgan fingerprint density at radius 3 is 2.67 bits per heavy atom. The highest BCUT2D eigenvalue weighted by Gasteiger charge is 2.17. The van der Waals surface area contributed by atoms with Crippen LogP contribution >= 0.6 is 0 Å². The number of nitrogens with zero attached hydrogens (tertiary/aromatic N) is 2. The summed E-state index contributed by atoms with van der Waals surface area (Å²) in [5, 5.41) is 3.39. The highest BCUT2D eigenvalue weighted by molar-refractivity contribution is 7.85. The number of hydrogen-bond acceptors (Lipinski definition) is 4. The van der Waals surface area contributed by atoms with E-state index in [1.54, 1.807) is 6.20 Å². The first-order valence-electron chi connectivity index (χ1n) is 6.14. The van der Waals surface area contributed by atoms with Crippen LogP contribution in [0.2, 0.25) is 0 Å². The quantitative estimate of drug-likeness (QED) is 0.897. The Balaban J connectivity index is 1.76. The second-order valence-electron chi connectivity index (χ2n) is 4.51. The summed E-state index contributed by atoms with van der Waals surface area (Å²) in [6, 6.07) is 8.21. The average Bonchev–Trinajstić information content (AvgIpc) is 2.41. The van der Waals surface area contributed by atoms with Gasteiger partial charge in [0.05, 0.1) is 17.2 Å². The molecule has 0 unspecified atom stereocenters. The van der Waals surface area contributed by atoms with Crippen molar-refractivity contribution >= 4 is 27.7 Å². The van der Waals surface area contributed by atoms with Gasteiger partial charge in [-0.25, -0.2) is 4.98 Å². The summed E-state index contributed by atoms with van der Waals surface area (Å²) in [7, 11) is -0.617. The molecule has 1 aromatic heterocycles. The standard InChI is InChI=1S/C13H15N3OS/c17-18-7-5-10(6-8-18)15-13-9-14-11-3-1-2-4-12(11)16-13/h1-4,9-10H,5-8H2,(H,15,16). The van der Waals surface area contributed by atoms with Crippen molar-refractivity contribution in [2.45, 2.75) is 18.9 Å². The average molecular weight is 261 g/mol. The number of fused-ring (bicyclic) bond motifs is 1. The van der Waals surface area contributed by atoms with Crippen LogP contribution in [-0.4, -0.2) is 31.7 Å². The van der Waals surface area contributed by atoms with E-state index in [4.69, 9.17) is 0 Å². The molecular formula is C13H15N3OS. The van der Waals surface area contributed by atoms with E-state index in [1.165, 1.54) is 0 Å². The Bertz CT molecular complexity index is 577. The summed E-state index contributed by atoms with van der Waals surface area (Å²) in [5.41, 5.74) is 1.81. The molecular weight excluding hydrogens is 246 g/mol. The molecule has 0 radical (unpaired) electrons. The van der Waals surface area contributed by atoms with Crippen molar-refractivity contribution in [3.63, 3.8) is 0 Å². The second kappa shape index (κ2) is 5.02. The smallest absolute Gasteiger partial charge is 0.145 e. The van der Waals surface area contributed by atoms with Crippen LogP contribution in [0.5, 0.6) is 0 Å². The summed E-state index contributed by atoms with van der Waals surface area (Å²) in [5.74, 6) is 2.39. The molecule has 0 saturated carbocycles. The molecule has 1 N–H and O–H groups in total. The molecule has 4 nitrogen and oxygen atoms in total. The summed E-state index contributed by atoms with van der Waals surface area (Å²) < 4.78 is 11.3. The predicted octanol–water partition coefficient (Wildman–Crippen LogP) is 1.95. The third kappa shape index (κ3) is 2.51. The monoisotopic (exact) mass is 261 g/mol. The van der Waals surface area contributed by atoms with Crippen molar-refractivity contribution in [2.24, 2.45) is 0 Å². The number of benzene rings is 1. The van der Waals surface area contributed by atoms with Crippen LogP contribution in [0.1, 0.15) is 12.8 Å². The number of hydrogen-bond donors (Lipinski definition) is 1. The van der Waals surface area contributed by atoms with Crippen molar-refractivity contribution < 1.29 is 4.21 Å². The van der Waals surface area contributed by atoms with Gasteiger partial charge in [0.25, 0.3) is 0 Å². The maximum atomic E-state index is 11.3. The topological polar surface area (TPSA) is 54.9 Å². The minimum Gasteiger partial charge on any atom is -0.366 e. The van der Waals surface area contributed by atoms with Gasteiger partial charge in [0.15, 0.2) is 0 Å². The fourth-order valence-electron chi connectivity index (χ4n) is 2.17. The first-order chi connectivity index (χ1) is 8.81. The zero-order chi connectivity index (χ0) is 12.4. The Kier molecular flexibility index (Phi) is 3.23. The lowest BCUT2D eigenvalue weighted by molar-refractivity contribution is 0.622. The first-order valence-corrected chi connectivity index (χ1v) is 7.63. The van der Waals surface area contributed by atoms with E-state index in [1.807, 2.05) is 24.3 Å². The van der Waals surface area contributed by atoms with E-state index in [0.717, 1.165) is 41.2 Å². The van der Waals surface area contributed by atoms with Gasteiger partial charge in [-0.15, -0.1) is 0 Å². The van der Waals surface area contributed by atoms with Gasteiger partial charge in [-0.3, -0.25) is 9.19 Å². The fourth-order valence-corrected chi connectivity index (χ4v) is 3.47. The Morgan fingerprint density at radius 2 is 1.89 bits per heavy atom. The third-order valence-corrected chi connectivity index (χ3v) is 4.57. The van der Waals surface area contributed by atoms with Crippen LogP contribution in [0.4, 0.5) is 5.82 Å². The molecule has 2 aromatic rings. The number of anilines is 1. The Hall–Kier alpha value is -1.49. The van der Waals surface area contributed by atoms with Crippen molar-refractivity contribution in [3.05, 3.63) is 30.5 Å². The number of nitrogens with one attached hydrogen (secondary N) is 1. The molecule has 0 amide bonds. The molecule has 0 bridgehead atoms. The maximum Gasteiger partial charge on any atom is 0.145 e. The van der Waals surface area contributed by atoms with Gasteiger partial charge >= 0.3 is 0 Å². The van der Waals surface area contributed by atoms with Gasteiger partial charge in [0.1, 0.15) is 5.82 Å². The van der Waals surface area contributed by atoms with Gasteiger partial charge in [0, 0.05) is 28.3 Å². The van der Waals surface area contributed by atoms with Crippen LogP contribution < -0.4 is 5.32 Å². The van der Waals surface area contributed by atoms with E-state index in [-0.39, 0.29) is 0 Å². The van der Waals surface area contributed by atoms with E-state index in [9.17, 15) is 4.21 Å². The SMILES string of the molecule is O=S1CCC(Nc2cnc3ccccc3n2)CC1. The van der Waals surface area contributed by atoms with Gasteiger partial charge in [-0.05, 0) is 25.0 Å². The molecule has 5 heteroatoms. The lowest BCUT2D eigenvalue weighted by Crippen LogP contribution is -2.29. The predicted molar refractivity (Wildman–Crippen MR) is 74.1 cm³/mol. The van der Waals surface area contributed by atoms with Gasteiger partial charge in [-0.1, -0.05) is 12.1 Å². The molecule has 94 valence electrons. The van der Waals surface area contributed by atoms with E-state index < -0.39 is 10.8 Å². The van der Waals surface area contributed by atoms with Crippen LogP contribution in [0.3, 0.4) is 0 Å². The molecule has 2 heterocycles. The van der Waals surface area contributed by atoms with Crippen LogP contribution in [0.15, 0.2) is 30.5 Å². The second-order valence-corrected chi connectivity index (χ2v) is 6.21. The summed E-state index contributed by atoms with van der Waals surface area (Å²) in [4.78, 5) is 8.92. The Labute approximate surface area is 108 Å². The van der Waals surface area contributed by atoms with Gasteiger partial charge in [-0.2, -0.15) is 0 Å². The zero-order valence-electron chi connectivity index (χ0n) is 10.0. The molecule has 0 aliphatic carbocycles. The van der Waals surface area contributed by atoms with E-state index >= 15 is 0 Å². The van der Waals surface area contributed by atoms with E-state index in [0.29, 0.717) is 6.04 Å². The molecule has 1 aliphatic heterocycles. The summed E-state index contributed by atoms with van der Waals surface area (Å²) in [6.45, 7) is 0. The van der Waals surface area contributed by atoms with Crippen molar-refractivity contribution in [2.75, 3.05) is 16.8 Å². The maximum absolute atomic E-state index is 11.3. The molecule has 1 aromatic carbocycles. The van der Waals surface area contributed by atoms with Crippen LogP contribution in [0.25, 0.3) is 11.0 Å². The molecule has 0 atom stereocenters. The van der Waals surface area contributed by atoms with Gasteiger partial charge < -0.3 is 5.32 Å². The third-order valence-electron chi connectivity index (χ3n) is 3.19. The summed E-state index contributed by atoms with van der Waals surface area (Å²) in [6.07, 6.45) is 3.66. The van der Waals surface area contributed by atoms with Crippen molar-refractivity contribution in [1.82, 2.24) is 9.97 Å². The highest BCUT2D eigenvalue weighted by Crippen LogP contribution is 2.16. The van der Waals surface area contributed by atoms with Crippen LogP contribution in [0, 0.1) is 0 Å².